The Kier molecular flexibility index (Phi) is 3.73. The molecule has 2 aliphatic rings. The molecule has 0 unspecified atom stereocenters. The van der Waals surface area contributed by atoms with Crippen molar-refractivity contribution in [3.63, 3.8) is 0 Å². The average molecular weight is 310 g/mol. The van der Waals surface area contributed by atoms with Crippen LogP contribution in [0.1, 0.15) is 18.5 Å². The van der Waals surface area contributed by atoms with Crippen molar-refractivity contribution in [3.05, 3.63) is 36.2 Å². The number of piperazine rings is 1. The summed E-state index contributed by atoms with van der Waals surface area (Å²) in [5.74, 6) is 2.85. The van der Waals surface area contributed by atoms with Crippen molar-refractivity contribution in [1.29, 1.82) is 0 Å². The highest BCUT2D eigenvalue weighted by molar-refractivity contribution is 5.47. The molecule has 120 valence electrons. The van der Waals surface area contributed by atoms with E-state index >= 15 is 0 Å². The van der Waals surface area contributed by atoms with Crippen molar-refractivity contribution >= 4 is 17.6 Å². The highest BCUT2D eigenvalue weighted by atomic mass is 15.3. The molecule has 0 bridgehead atoms. The first kappa shape index (κ1) is 14.2. The largest absolute Gasteiger partial charge is 0.367 e. The smallest absolute Gasteiger partial charge is 0.227 e. The average Bonchev–Trinajstić information content (AvgIpc) is 3.39. The number of rotatable bonds is 4. The Morgan fingerprint density at radius 3 is 2.52 bits per heavy atom. The van der Waals surface area contributed by atoms with Gasteiger partial charge < -0.3 is 15.1 Å². The molecular formula is C17H22N6. The van der Waals surface area contributed by atoms with Crippen molar-refractivity contribution in [2.24, 2.45) is 0 Å². The molecule has 0 amide bonds. The Morgan fingerprint density at radius 2 is 1.83 bits per heavy atom. The van der Waals surface area contributed by atoms with E-state index in [-0.39, 0.29) is 0 Å². The van der Waals surface area contributed by atoms with Crippen molar-refractivity contribution in [1.82, 2.24) is 15.0 Å². The second-order valence-corrected chi connectivity index (χ2v) is 6.28. The number of nitrogens with one attached hydrogen (secondary N) is 1. The molecule has 2 fully saturated rings. The van der Waals surface area contributed by atoms with E-state index in [0.29, 0.717) is 6.04 Å². The summed E-state index contributed by atoms with van der Waals surface area (Å²) in [5.41, 5.74) is 1.02. The van der Waals surface area contributed by atoms with Crippen molar-refractivity contribution < 1.29 is 0 Å². The molecule has 0 radical (unpaired) electrons. The molecule has 0 spiro atoms. The summed E-state index contributed by atoms with van der Waals surface area (Å²) in [6.07, 6.45) is 4.35. The van der Waals surface area contributed by atoms with Crippen LogP contribution < -0.4 is 15.1 Å². The highest BCUT2D eigenvalue weighted by Gasteiger charge is 2.23. The number of hydrogen-bond acceptors (Lipinski definition) is 6. The Morgan fingerprint density at radius 1 is 1.04 bits per heavy atom. The number of aromatic nitrogens is 3. The maximum absolute atomic E-state index is 4.70. The Hall–Kier alpha value is -2.37. The standard InChI is InChI=1S/C17H22N6/c1-13-12-15(20-14-5-6-14)21-17(19-13)23-10-8-22(9-11-23)16-4-2-3-7-18-16/h2-4,7,12,14H,5-6,8-11H2,1H3,(H,19,20,21). The van der Waals surface area contributed by atoms with Crippen LogP contribution in [0.3, 0.4) is 0 Å². The summed E-state index contributed by atoms with van der Waals surface area (Å²) in [6.45, 7) is 5.76. The van der Waals surface area contributed by atoms with E-state index in [9.17, 15) is 0 Å². The molecule has 6 nitrogen and oxygen atoms in total. The summed E-state index contributed by atoms with van der Waals surface area (Å²) in [4.78, 5) is 18.3. The van der Waals surface area contributed by atoms with Gasteiger partial charge in [-0.2, -0.15) is 4.98 Å². The minimum absolute atomic E-state index is 0.609. The first-order chi connectivity index (χ1) is 11.3. The molecule has 1 aliphatic carbocycles. The minimum atomic E-state index is 0.609. The Labute approximate surface area is 136 Å². The van der Waals surface area contributed by atoms with E-state index in [2.05, 4.69) is 31.2 Å². The third-order valence-electron chi connectivity index (χ3n) is 4.31. The van der Waals surface area contributed by atoms with Crippen LogP contribution in [0, 0.1) is 6.92 Å². The first-order valence-electron chi connectivity index (χ1n) is 8.31. The maximum atomic E-state index is 4.70. The summed E-state index contributed by atoms with van der Waals surface area (Å²) in [6, 6.07) is 8.70. The van der Waals surface area contributed by atoms with Gasteiger partial charge in [-0.15, -0.1) is 0 Å². The molecule has 1 N–H and O–H groups in total. The normalized spacial score (nSPS) is 18.1. The van der Waals surface area contributed by atoms with Gasteiger partial charge >= 0.3 is 0 Å². The summed E-state index contributed by atoms with van der Waals surface area (Å²) >= 11 is 0. The maximum Gasteiger partial charge on any atom is 0.227 e. The molecule has 1 saturated heterocycles. The second kappa shape index (κ2) is 6.02. The lowest BCUT2D eigenvalue weighted by Gasteiger charge is -2.35. The number of pyridine rings is 1. The van der Waals surface area contributed by atoms with Gasteiger partial charge in [0.15, 0.2) is 0 Å². The first-order valence-corrected chi connectivity index (χ1v) is 8.31. The van der Waals surface area contributed by atoms with E-state index in [1.54, 1.807) is 0 Å². The van der Waals surface area contributed by atoms with Gasteiger partial charge in [0.25, 0.3) is 0 Å². The minimum Gasteiger partial charge on any atom is -0.367 e. The molecule has 1 aliphatic heterocycles. The Bertz CT molecular complexity index is 662. The number of anilines is 3. The molecule has 3 heterocycles. The Balaban J connectivity index is 1.44. The molecule has 0 aromatic carbocycles. The van der Waals surface area contributed by atoms with Crippen LogP contribution >= 0.6 is 0 Å². The zero-order valence-electron chi connectivity index (χ0n) is 13.4. The third kappa shape index (κ3) is 3.36. The number of nitrogens with zero attached hydrogens (tertiary/aromatic N) is 5. The number of hydrogen-bond donors (Lipinski definition) is 1. The highest BCUT2D eigenvalue weighted by Crippen LogP contribution is 2.25. The molecule has 23 heavy (non-hydrogen) atoms. The molecular weight excluding hydrogens is 288 g/mol. The molecule has 1 saturated carbocycles. The molecule has 0 atom stereocenters. The fraction of sp³-hybridized carbons (Fsp3) is 0.471. The van der Waals surface area contributed by atoms with Crippen LogP contribution in [-0.4, -0.2) is 47.2 Å². The summed E-state index contributed by atoms with van der Waals surface area (Å²) in [7, 11) is 0. The van der Waals surface area contributed by atoms with Crippen LogP contribution in [0.2, 0.25) is 0 Å². The van der Waals surface area contributed by atoms with Gasteiger partial charge in [-0.3, -0.25) is 0 Å². The fourth-order valence-electron chi connectivity index (χ4n) is 2.88. The van der Waals surface area contributed by atoms with E-state index < -0.39 is 0 Å². The third-order valence-corrected chi connectivity index (χ3v) is 4.31. The lowest BCUT2D eigenvalue weighted by Crippen LogP contribution is -2.47. The van der Waals surface area contributed by atoms with Crippen molar-refractivity contribution in [3.8, 4) is 0 Å². The van der Waals surface area contributed by atoms with Gasteiger partial charge in [0.2, 0.25) is 5.95 Å². The lowest BCUT2D eigenvalue weighted by atomic mass is 10.3. The predicted molar refractivity (Wildman–Crippen MR) is 92.1 cm³/mol. The monoisotopic (exact) mass is 310 g/mol. The summed E-state index contributed by atoms with van der Waals surface area (Å²) in [5, 5.41) is 3.47. The van der Waals surface area contributed by atoms with E-state index in [0.717, 1.165) is 49.5 Å². The van der Waals surface area contributed by atoms with Gasteiger partial charge in [-0.25, -0.2) is 9.97 Å². The van der Waals surface area contributed by atoms with Gasteiger partial charge in [0.05, 0.1) is 0 Å². The zero-order valence-corrected chi connectivity index (χ0v) is 13.4. The topological polar surface area (TPSA) is 57.2 Å². The van der Waals surface area contributed by atoms with E-state index in [1.807, 2.05) is 31.3 Å². The lowest BCUT2D eigenvalue weighted by molar-refractivity contribution is 0.634. The van der Waals surface area contributed by atoms with Crippen LogP contribution in [0.15, 0.2) is 30.5 Å². The molecule has 2 aromatic heterocycles. The van der Waals surface area contributed by atoms with Gasteiger partial charge in [-0.05, 0) is 31.9 Å². The van der Waals surface area contributed by atoms with Crippen LogP contribution in [0.4, 0.5) is 17.6 Å². The van der Waals surface area contributed by atoms with Crippen LogP contribution in [0.5, 0.6) is 0 Å². The zero-order chi connectivity index (χ0) is 15.6. The van der Waals surface area contributed by atoms with Crippen molar-refractivity contribution in [2.45, 2.75) is 25.8 Å². The SMILES string of the molecule is Cc1cc(NC2CC2)nc(N2CCN(c3ccccn3)CC2)n1. The van der Waals surface area contributed by atoms with Gasteiger partial charge in [0.1, 0.15) is 11.6 Å². The fourth-order valence-corrected chi connectivity index (χ4v) is 2.88. The predicted octanol–water partition coefficient (Wildman–Crippen LogP) is 2.08. The second-order valence-electron chi connectivity index (χ2n) is 6.28. The molecule has 4 rings (SSSR count). The molecule has 2 aromatic rings. The van der Waals surface area contributed by atoms with E-state index in [1.165, 1.54) is 12.8 Å². The summed E-state index contributed by atoms with van der Waals surface area (Å²) < 4.78 is 0. The van der Waals surface area contributed by atoms with Crippen molar-refractivity contribution in [2.75, 3.05) is 41.3 Å². The quantitative estimate of drug-likeness (QED) is 0.933. The molecule has 6 heteroatoms. The van der Waals surface area contributed by atoms with Gasteiger partial charge in [0, 0.05) is 50.2 Å². The van der Waals surface area contributed by atoms with Crippen LogP contribution in [-0.2, 0) is 0 Å². The van der Waals surface area contributed by atoms with Gasteiger partial charge in [-0.1, -0.05) is 6.07 Å². The number of aryl methyl sites for hydroxylation is 1. The van der Waals surface area contributed by atoms with Crippen LogP contribution in [0.25, 0.3) is 0 Å². The van der Waals surface area contributed by atoms with E-state index in [4.69, 9.17) is 4.98 Å².